The molecule has 0 saturated heterocycles. The standard InChI is InChI=1S/C21H24N4OS.ClH/c1-15(2)13-26-19-10-8-16(9-11-19)20-17(14-27-21(22)23)12-25(24-20)18-6-4-3-5-7-18;/h3-12,15H,13-14H2,1-2H3,(H3,22,23);1H. The number of halogens is 1. The molecule has 1 aromatic heterocycles. The smallest absolute Gasteiger partial charge is 0.151 e. The Hall–Kier alpha value is -2.44. The molecule has 5 nitrogen and oxygen atoms in total. The summed E-state index contributed by atoms with van der Waals surface area (Å²) in [6.45, 7) is 4.95. The Morgan fingerprint density at radius 2 is 1.82 bits per heavy atom. The van der Waals surface area contributed by atoms with E-state index in [0.717, 1.165) is 28.3 Å². The fraction of sp³-hybridized carbons (Fsp3) is 0.238. The van der Waals surface area contributed by atoms with Crippen LogP contribution in [0.15, 0.2) is 60.8 Å². The van der Waals surface area contributed by atoms with Crippen molar-refractivity contribution in [3.63, 3.8) is 0 Å². The minimum Gasteiger partial charge on any atom is -0.493 e. The molecule has 28 heavy (non-hydrogen) atoms. The van der Waals surface area contributed by atoms with Gasteiger partial charge in [0, 0.05) is 23.1 Å². The van der Waals surface area contributed by atoms with Gasteiger partial charge in [0.15, 0.2) is 5.17 Å². The van der Waals surface area contributed by atoms with Gasteiger partial charge in [0.25, 0.3) is 0 Å². The number of thioether (sulfide) groups is 1. The minimum atomic E-state index is 0. The molecule has 0 bridgehead atoms. The number of para-hydroxylation sites is 1. The van der Waals surface area contributed by atoms with E-state index >= 15 is 0 Å². The van der Waals surface area contributed by atoms with E-state index in [9.17, 15) is 0 Å². The molecular formula is C21H25ClN4OS. The van der Waals surface area contributed by atoms with Gasteiger partial charge < -0.3 is 10.5 Å². The quantitative estimate of drug-likeness (QED) is 0.413. The van der Waals surface area contributed by atoms with E-state index in [1.807, 2.05) is 65.5 Å². The number of hydrogen-bond donors (Lipinski definition) is 2. The van der Waals surface area contributed by atoms with Gasteiger partial charge in [-0.3, -0.25) is 5.41 Å². The molecule has 0 saturated carbocycles. The lowest BCUT2D eigenvalue weighted by Gasteiger charge is -2.09. The lowest BCUT2D eigenvalue weighted by molar-refractivity contribution is 0.271. The summed E-state index contributed by atoms with van der Waals surface area (Å²) in [6.07, 6.45) is 2.00. The third kappa shape index (κ3) is 5.78. The van der Waals surface area contributed by atoms with Gasteiger partial charge in [-0.05, 0) is 42.3 Å². The van der Waals surface area contributed by atoms with E-state index in [-0.39, 0.29) is 17.6 Å². The largest absolute Gasteiger partial charge is 0.493 e. The van der Waals surface area contributed by atoms with E-state index in [1.165, 1.54) is 11.8 Å². The van der Waals surface area contributed by atoms with Crippen LogP contribution in [0.2, 0.25) is 0 Å². The highest BCUT2D eigenvalue weighted by Gasteiger charge is 2.13. The second kappa shape index (κ2) is 10.2. The van der Waals surface area contributed by atoms with Crippen molar-refractivity contribution >= 4 is 29.3 Å². The topological polar surface area (TPSA) is 76.9 Å². The number of amidine groups is 1. The first kappa shape index (κ1) is 21.9. The van der Waals surface area contributed by atoms with E-state index < -0.39 is 0 Å². The van der Waals surface area contributed by atoms with Crippen LogP contribution in [0.5, 0.6) is 5.75 Å². The van der Waals surface area contributed by atoms with Gasteiger partial charge in [-0.15, -0.1) is 12.4 Å². The van der Waals surface area contributed by atoms with Crippen LogP contribution >= 0.6 is 24.2 Å². The molecule has 0 fully saturated rings. The summed E-state index contributed by atoms with van der Waals surface area (Å²) < 4.78 is 7.64. The van der Waals surface area contributed by atoms with Crippen molar-refractivity contribution in [2.45, 2.75) is 19.6 Å². The number of rotatable bonds is 7. The van der Waals surface area contributed by atoms with E-state index in [0.29, 0.717) is 18.3 Å². The van der Waals surface area contributed by atoms with Crippen LogP contribution in [-0.2, 0) is 5.75 Å². The number of nitrogens with one attached hydrogen (secondary N) is 1. The highest BCUT2D eigenvalue weighted by atomic mass is 35.5. The second-order valence-electron chi connectivity index (χ2n) is 6.67. The molecule has 0 aliphatic carbocycles. The zero-order valence-corrected chi connectivity index (χ0v) is 17.6. The van der Waals surface area contributed by atoms with Gasteiger partial charge in [-0.2, -0.15) is 5.10 Å². The Morgan fingerprint density at radius 1 is 1.14 bits per heavy atom. The Kier molecular flexibility index (Phi) is 7.96. The van der Waals surface area contributed by atoms with Gasteiger partial charge in [0.2, 0.25) is 0 Å². The van der Waals surface area contributed by atoms with Crippen LogP contribution in [-0.4, -0.2) is 21.6 Å². The number of benzene rings is 2. The van der Waals surface area contributed by atoms with Crippen LogP contribution in [0, 0.1) is 11.3 Å². The molecule has 0 atom stereocenters. The third-order valence-corrected chi connectivity index (χ3v) is 4.67. The van der Waals surface area contributed by atoms with Crippen LogP contribution in [0.1, 0.15) is 19.4 Å². The third-order valence-electron chi connectivity index (χ3n) is 3.91. The monoisotopic (exact) mass is 416 g/mol. The lowest BCUT2D eigenvalue weighted by atomic mass is 10.1. The fourth-order valence-corrected chi connectivity index (χ4v) is 3.12. The van der Waals surface area contributed by atoms with Crippen molar-refractivity contribution in [2.24, 2.45) is 11.7 Å². The number of nitrogens with zero attached hydrogens (tertiary/aromatic N) is 2. The molecule has 3 N–H and O–H groups in total. The Bertz CT molecular complexity index is 895. The summed E-state index contributed by atoms with van der Waals surface area (Å²) in [5.74, 6) is 1.94. The van der Waals surface area contributed by atoms with Gasteiger partial charge in [0.1, 0.15) is 5.75 Å². The molecule has 0 radical (unpaired) electrons. The first-order valence-corrected chi connectivity index (χ1v) is 9.85. The molecule has 148 valence electrons. The molecular weight excluding hydrogens is 392 g/mol. The van der Waals surface area contributed by atoms with Crippen molar-refractivity contribution in [1.82, 2.24) is 9.78 Å². The van der Waals surface area contributed by atoms with Gasteiger partial charge in [-0.25, -0.2) is 4.68 Å². The van der Waals surface area contributed by atoms with Gasteiger partial charge in [-0.1, -0.05) is 43.8 Å². The fourth-order valence-electron chi connectivity index (χ4n) is 2.60. The van der Waals surface area contributed by atoms with Crippen LogP contribution < -0.4 is 10.5 Å². The van der Waals surface area contributed by atoms with Crippen LogP contribution in [0.4, 0.5) is 0 Å². The minimum absolute atomic E-state index is 0. The molecule has 0 aliphatic rings. The van der Waals surface area contributed by atoms with E-state index in [2.05, 4.69) is 13.8 Å². The highest BCUT2D eigenvalue weighted by molar-refractivity contribution is 8.13. The zero-order valence-electron chi connectivity index (χ0n) is 16.0. The highest BCUT2D eigenvalue weighted by Crippen LogP contribution is 2.28. The Morgan fingerprint density at radius 3 is 2.43 bits per heavy atom. The van der Waals surface area contributed by atoms with Gasteiger partial charge in [0.05, 0.1) is 18.0 Å². The van der Waals surface area contributed by atoms with Crippen LogP contribution in [0.25, 0.3) is 16.9 Å². The van der Waals surface area contributed by atoms with Crippen LogP contribution in [0.3, 0.4) is 0 Å². The molecule has 7 heteroatoms. The van der Waals surface area contributed by atoms with Crippen molar-refractivity contribution in [2.75, 3.05) is 6.61 Å². The van der Waals surface area contributed by atoms with Crippen molar-refractivity contribution < 1.29 is 4.74 Å². The summed E-state index contributed by atoms with van der Waals surface area (Å²) in [5.41, 5.74) is 9.47. The molecule has 1 heterocycles. The normalized spacial score (nSPS) is 10.5. The summed E-state index contributed by atoms with van der Waals surface area (Å²) in [5, 5.41) is 12.4. The van der Waals surface area contributed by atoms with Crippen molar-refractivity contribution in [3.05, 3.63) is 66.4 Å². The predicted octanol–water partition coefficient (Wildman–Crippen LogP) is 5.12. The van der Waals surface area contributed by atoms with Gasteiger partial charge >= 0.3 is 0 Å². The summed E-state index contributed by atoms with van der Waals surface area (Å²) in [7, 11) is 0. The predicted molar refractivity (Wildman–Crippen MR) is 120 cm³/mol. The van der Waals surface area contributed by atoms with Crippen molar-refractivity contribution in [3.8, 4) is 22.7 Å². The summed E-state index contributed by atoms with van der Waals surface area (Å²) in [4.78, 5) is 0. The molecule has 0 spiro atoms. The van der Waals surface area contributed by atoms with E-state index in [4.69, 9.17) is 21.0 Å². The zero-order chi connectivity index (χ0) is 19.2. The maximum absolute atomic E-state index is 7.50. The number of nitrogens with two attached hydrogens (primary N) is 1. The number of hydrogen-bond acceptors (Lipinski definition) is 4. The Labute approximate surface area is 176 Å². The first-order chi connectivity index (χ1) is 13.0. The average molecular weight is 417 g/mol. The van der Waals surface area contributed by atoms with E-state index in [1.54, 1.807) is 0 Å². The van der Waals surface area contributed by atoms with Crippen molar-refractivity contribution in [1.29, 1.82) is 5.41 Å². The molecule has 3 aromatic rings. The Balaban J connectivity index is 0.00000280. The maximum Gasteiger partial charge on any atom is 0.151 e. The molecule has 2 aromatic carbocycles. The lowest BCUT2D eigenvalue weighted by Crippen LogP contribution is -2.04. The molecule has 0 unspecified atom stereocenters. The SMILES string of the molecule is CC(C)COc1ccc(-c2nn(-c3ccccc3)cc2CSC(=N)N)cc1.Cl. The molecule has 3 rings (SSSR count). The summed E-state index contributed by atoms with van der Waals surface area (Å²) in [6, 6.07) is 18.0. The number of ether oxygens (including phenoxy) is 1. The average Bonchev–Trinajstić information content (AvgIpc) is 3.10. The molecule has 0 amide bonds. The maximum atomic E-state index is 7.50. The second-order valence-corrected chi connectivity index (χ2v) is 7.68. The summed E-state index contributed by atoms with van der Waals surface area (Å²) >= 11 is 1.30. The molecule has 0 aliphatic heterocycles. The first-order valence-electron chi connectivity index (χ1n) is 8.87. The number of aromatic nitrogens is 2.